The van der Waals surface area contributed by atoms with Crippen molar-refractivity contribution in [3.63, 3.8) is 0 Å². The summed E-state index contributed by atoms with van der Waals surface area (Å²) in [5, 5.41) is 5.47. The highest BCUT2D eigenvalue weighted by molar-refractivity contribution is 7.12. The number of hydrogen-bond donors (Lipinski definition) is 1. The second-order valence-electron chi connectivity index (χ2n) is 5.93. The lowest BCUT2D eigenvalue weighted by molar-refractivity contribution is 0.0378. The third-order valence-corrected chi connectivity index (χ3v) is 4.38. The Morgan fingerprint density at radius 3 is 2.68 bits per heavy atom. The molecular formula is C19H18N2O3S. The molecule has 5 nitrogen and oxygen atoms in total. The molecule has 128 valence electrons. The van der Waals surface area contributed by atoms with Crippen molar-refractivity contribution in [2.24, 2.45) is 0 Å². The number of fused-ring (bicyclic) bond motifs is 1. The summed E-state index contributed by atoms with van der Waals surface area (Å²) in [7, 11) is 0. The number of pyridine rings is 1. The second-order valence-corrected chi connectivity index (χ2v) is 6.88. The lowest BCUT2D eigenvalue weighted by atomic mass is 10.1. The number of anilines is 1. The molecule has 3 rings (SSSR count). The van der Waals surface area contributed by atoms with E-state index in [0.29, 0.717) is 27.0 Å². The van der Waals surface area contributed by atoms with Gasteiger partial charge in [-0.3, -0.25) is 9.78 Å². The molecule has 0 radical (unpaired) electrons. The third kappa shape index (κ3) is 3.85. The Morgan fingerprint density at radius 1 is 1.20 bits per heavy atom. The lowest BCUT2D eigenvalue weighted by Crippen LogP contribution is -2.13. The SMILES string of the molecule is Cc1cc(NC(=O)c2cccs2)c2cc(C(=O)OC(C)C)ccc2n1. The number of carbonyl (C=O) groups is 2. The van der Waals surface area contributed by atoms with Gasteiger partial charge in [0.15, 0.2) is 0 Å². The molecule has 6 heteroatoms. The van der Waals surface area contributed by atoms with Crippen LogP contribution in [-0.4, -0.2) is 23.0 Å². The first-order valence-electron chi connectivity index (χ1n) is 7.91. The molecule has 0 unspecified atom stereocenters. The zero-order valence-corrected chi connectivity index (χ0v) is 15.0. The molecule has 0 saturated heterocycles. The van der Waals surface area contributed by atoms with Gasteiger partial charge in [0, 0.05) is 11.1 Å². The summed E-state index contributed by atoms with van der Waals surface area (Å²) in [6.45, 7) is 5.47. The lowest BCUT2D eigenvalue weighted by Gasteiger charge is -2.12. The first kappa shape index (κ1) is 17.1. The van der Waals surface area contributed by atoms with Crippen molar-refractivity contribution in [2.75, 3.05) is 5.32 Å². The number of thiophene rings is 1. The fourth-order valence-corrected chi connectivity index (χ4v) is 3.08. The maximum atomic E-state index is 12.4. The van der Waals surface area contributed by atoms with Crippen molar-refractivity contribution >= 4 is 39.8 Å². The maximum absolute atomic E-state index is 12.4. The number of aromatic nitrogens is 1. The largest absolute Gasteiger partial charge is 0.459 e. The number of hydrogen-bond acceptors (Lipinski definition) is 5. The first-order valence-corrected chi connectivity index (χ1v) is 8.79. The third-order valence-electron chi connectivity index (χ3n) is 3.51. The molecule has 0 fully saturated rings. The Kier molecular flexibility index (Phi) is 4.81. The molecule has 2 aromatic heterocycles. The number of nitrogens with zero attached hydrogens (tertiary/aromatic N) is 1. The van der Waals surface area contributed by atoms with Crippen LogP contribution < -0.4 is 5.32 Å². The molecular weight excluding hydrogens is 336 g/mol. The first-order chi connectivity index (χ1) is 11.9. The van der Waals surface area contributed by atoms with Crippen LogP contribution in [0.2, 0.25) is 0 Å². The predicted octanol–water partition coefficient (Wildman–Crippen LogP) is 4.42. The van der Waals surface area contributed by atoms with Crippen molar-refractivity contribution in [2.45, 2.75) is 26.9 Å². The minimum absolute atomic E-state index is 0.183. The molecule has 2 heterocycles. The number of rotatable bonds is 4. The van der Waals surface area contributed by atoms with Crippen LogP contribution in [0.4, 0.5) is 5.69 Å². The van der Waals surface area contributed by atoms with Gasteiger partial charge in [-0.25, -0.2) is 4.79 Å². The Morgan fingerprint density at radius 2 is 2.00 bits per heavy atom. The summed E-state index contributed by atoms with van der Waals surface area (Å²) in [6.07, 6.45) is -0.197. The fraction of sp³-hybridized carbons (Fsp3) is 0.211. The number of esters is 1. The van der Waals surface area contributed by atoms with Crippen LogP contribution in [0.1, 0.15) is 39.6 Å². The number of amides is 1. The van der Waals surface area contributed by atoms with Crippen LogP contribution in [0.3, 0.4) is 0 Å². The van der Waals surface area contributed by atoms with Crippen LogP contribution in [0, 0.1) is 6.92 Å². The normalized spacial score (nSPS) is 10.9. The van der Waals surface area contributed by atoms with Crippen LogP contribution in [-0.2, 0) is 4.74 Å². The fourth-order valence-electron chi connectivity index (χ4n) is 2.46. The van der Waals surface area contributed by atoms with E-state index in [0.717, 1.165) is 5.69 Å². The molecule has 25 heavy (non-hydrogen) atoms. The Balaban J connectivity index is 2.01. The quantitative estimate of drug-likeness (QED) is 0.704. The van der Waals surface area contributed by atoms with Gasteiger partial charge in [-0.05, 0) is 56.5 Å². The zero-order chi connectivity index (χ0) is 18.0. The average Bonchev–Trinajstić information content (AvgIpc) is 3.08. The van der Waals surface area contributed by atoms with E-state index in [9.17, 15) is 9.59 Å². The topological polar surface area (TPSA) is 68.3 Å². The van der Waals surface area contributed by atoms with Gasteiger partial charge in [-0.1, -0.05) is 6.07 Å². The summed E-state index contributed by atoms with van der Waals surface area (Å²) in [5.74, 6) is -0.579. The van der Waals surface area contributed by atoms with E-state index in [1.54, 1.807) is 44.2 Å². The van der Waals surface area contributed by atoms with Gasteiger partial charge in [0.2, 0.25) is 0 Å². The smallest absolute Gasteiger partial charge is 0.338 e. The van der Waals surface area contributed by atoms with Crippen LogP contribution in [0.15, 0.2) is 41.8 Å². The van der Waals surface area contributed by atoms with Crippen LogP contribution in [0.5, 0.6) is 0 Å². The van der Waals surface area contributed by atoms with E-state index in [2.05, 4.69) is 10.3 Å². The van der Waals surface area contributed by atoms with E-state index in [1.807, 2.05) is 18.4 Å². The Labute approximate surface area is 149 Å². The maximum Gasteiger partial charge on any atom is 0.338 e. The van der Waals surface area contributed by atoms with Crippen LogP contribution >= 0.6 is 11.3 Å². The van der Waals surface area contributed by atoms with Crippen molar-refractivity contribution in [1.29, 1.82) is 0 Å². The second kappa shape index (κ2) is 7.03. The molecule has 0 aliphatic heterocycles. The average molecular weight is 354 g/mol. The molecule has 0 spiro atoms. The summed E-state index contributed by atoms with van der Waals surface area (Å²) in [5.41, 5.74) is 2.55. The number of carbonyl (C=O) groups excluding carboxylic acids is 2. The number of ether oxygens (including phenoxy) is 1. The van der Waals surface area contributed by atoms with Gasteiger partial charge in [-0.15, -0.1) is 11.3 Å². The van der Waals surface area contributed by atoms with E-state index in [-0.39, 0.29) is 12.0 Å². The van der Waals surface area contributed by atoms with Crippen molar-refractivity contribution < 1.29 is 14.3 Å². The number of aryl methyl sites for hydroxylation is 1. The van der Waals surface area contributed by atoms with E-state index in [1.165, 1.54) is 11.3 Å². The van der Waals surface area contributed by atoms with Gasteiger partial charge < -0.3 is 10.1 Å². The Hall–Kier alpha value is -2.73. The molecule has 0 aliphatic rings. The van der Waals surface area contributed by atoms with Crippen molar-refractivity contribution in [1.82, 2.24) is 4.98 Å². The van der Waals surface area contributed by atoms with Gasteiger partial charge in [-0.2, -0.15) is 0 Å². The highest BCUT2D eigenvalue weighted by Gasteiger charge is 2.14. The summed E-state index contributed by atoms with van der Waals surface area (Å²) in [4.78, 5) is 29.6. The van der Waals surface area contributed by atoms with Gasteiger partial charge >= 0.3 is 5.97 Å². The Bertz CT molecular complexity index is 933. The molecule has 0 atom stereocenters. The zero-order valence-electron chi connectivity index (χ0n) is 14.2. The number of benzene rings is 1. The van der Waals surface area contributed by atoms with E-state index >= 15 is 0 Å². The summed E-state index contributed by atoms with van der Waals surface area (Å²) in [6, 6.07) is 10.5. The molecule has 1 aromatic carbocycles. The predicted molar refractivity (Wildman–Crippen MR) is 99.3 cm³/mol. The highest BCUT2D eigenvalue weighted by Crippen LogP contribution is 2.26. The van der Waals surface area contributed by atoms with Crippen LogP contribution in [0.25, 0.3) is 10.9 Å². The van der Waals surface area contributed by atoms with E-state index in [4.69, 9.17) is 4.74 Å². The van der Waals surface area contributed by atoms with Gasteiger partial charge in [0.25, 0.3) is 5.91 Å². The summed E-state index contributed by atoms with van der Waals surface area (Å²) >= 11 is 1.37. The van der Waals surface area contributed by atoms with Gasteiger partial charge in [0.05, 0.1) is 27.7 Å². The molecule has 3 aromatic rings. The van der Waals surface area contributed by atoms with Crippen molar-refractivity contribution in [3.05, 3.63) is 57.9 Å². The number of nitrogens with one attached hydrogen (secondary N) is 1. The molecule has 1 amide bonds. The molecule has 0 aliphatic carbocycles. The minimum atomic E-state index is -0.395. The summed E-state index contributed by atoms with van der Waals surface area (Å²) < 4.78 is 5.24. The molecule has 1 N–H and O–H groups in total. The van der Waals surface area contributed by atoms with Gasteiger partial charge in [0.1, 0.15) is 0 Å². The minimum Gasteiger partial charge on any atom is -0.459 e. The molecule has 0 saturated carbocycles. The monoisotopic (exact) mass is 354 g/mol. The van der Waals surface area contributed by atoms with Crippen molar-refractivity contribution in [3.8, 4) is 0 Å². The standard InChI is InChI=1S/C19H18N2O3S/c1-11(2)24-19(23)13-6-7-15-14(10-13)16(9-12(3)20-15)21-18(22)17-5-4-8-25-17/h4-11H,1-3H3,(H,20,21,22). The van der Waals surface area contributed by atoms with E-state index < -0.39 is 5.97 Å². The molecule has 0 bridgehead atoms. The highest BCUT2D eigenvalue weighted by atomic mass is 32.1.